The molecule has 1 spiro atoms. The zero-order valence-corrected chi connectivity index (χ0v) is 12.0. The Kier molecular flexibility index (Phi) is 2.36. The van der Waals surface area contributed by atoms with Crippen molar-refractivity contribution in [2.24, 2.45) is 16.2 Å². The standard InChI is InChI=1S/C15H24O3/c1-12(2)9-17-15(18-10-12)7-13(3)5-11(16)6-14(13,4)8-15/h5-10H2,1-4H3. The van der Waals surface area contributed by atoms with Gasteiger partial charge >= 0.3 is 0 Å². The van der Waals surface area contributed by atoms with Crippen LogP contribution in [0.4, 0.5) is 0 Å². The normalized spacial score (nSPS) is 45.4. The van der Waals surface area contributed by atoms with Crippen LogP contribution in [0.15, 0.2) is 0 Å². The molecule has 3 fully saturated rings. The van der Waals surface area contributed by atoms with Crippen molar-refractivity contribution in [1.82, 2.24) is 0 Å². The Morgan fingerprint density at radius 1 is 0.889 bits per heavy atom. The fraction of sp³-hybridized carbons (Fsp3) is 0.933. The Hall–Kier alpha value is -0.410. The average molecular weight is 252 g/mol. The van der Waals surface area contributed by atoms with Gasteiger partial charge in [-0.25, -0.2) is 0 Å². The summed E-state index contributed by atoms with van der Waals surface area (Å²) in [6, 6.07) is 0. The van der Waals surface area contributed by atoms with Gasteiger partial charge in [-0.1, -0.05) is 27.7 Å². The minimum absolute atomic E-state index is 0.0611. The SMILES string of the molecule is CC1(C)COC2(CC3(C)CC(=O)CC3(C)C2)OC1. The summed E-state index contributed by atoms with van der Waals surface area (Å²) in [5.74, 6) is -0.00862. The number of hydrogen-bond donors (Lipinski definition) is 0. The van der Waals surface area contributed by atoms with Gasteiger partial charge in [-0.05, 0) is 10.8 Å². The molecule has 0 aromatic carbocycles. The molecule has 0 amide bonds. The second-order valence-corrected chi connectivity index (χ2v) is 8.02. The van der Waals surface area contributed by atoms with E-state index in [1.54, 1.807) is 0 Å². The molecule has 0 aromatic heterocycles. The summed E-state index contributed by atoms with van der Waals surface area (Å²) in [6.07, 6.45) is 3.14. The van der Waals surface area contributed by atoms with E-state index >= 15 is 0 Å². The van der Waals surface area contributed by atoms with E-state index in [1.807, 2.05) is 0 Å². The van der Waals surface area contributed by atoms with Crippen molar-refractivity contribution in [3.63, 3.8) is 0 Å². The van der Waals surface area contributed by atoms with Crippen molar-refractivity contribution in [2.45, 2.75) is 59.2 Å². The maximum absolute atomic E-state index is 11.8. The summed E-state index contributed by atoms with van der Waals surface area (Å²) in [5.41, 5.74) is 0.234. The molecule has 2 saturated carbocycles. The van der Waals surface area contributed by atoms with Crippen LogP contribution in [0, 0.1) is 16.2 Å². The highest BCUT2D eigenvalue weighted by atomic mass is 16.7. The number of carbonyl (C=O) groups excluding carboxylic acids is 1. The molecule has 2 aliphatic carbocycles. The Balaban J connectivity index is 1.82. The van der Waals surface area contributed by atoms with E-state index in [2.05, 4.69) is 27.7 Å². The molecule has 3 aliphatic rings. The van der Waals surface area contributed by atoms with E-state index in [0.717, 1.165) is 26.1 Å². The molecule has 1 saturated heterocycles. The van der Waals surface area contributed by atoms with E-state index < -0.39 is 5.79 Å². The van der Waals surface area contributed by atoms with Gasteiger partial charge in [0.25, 0.3) is 0 Å². The summed E-state index contributed by atoms with van der Waals surface area (Å²) < 4.78 is 12.2. The van der Waals surface area contributed by atoms with E-state index in [1.165, 1.54) is 0 Å². The fourth-order valence-corrected chi connectivity index (χ4v) is 4.10. The number of hydrogen-bond acceptors (Lipinski definition) is 3. The van der Waals surface area contributed by atoms with Crippen molar-refractivity contribution in [3.8, 4) is 0 Å². The molecule has 0 bridgehead atoms. The molecule has 102 valence electrons. The highest BCUT2D eigenvalue weighted by molar-refractivity contribution is 5.83. The molecule has 3 heteroatoms. The number of fused-ring (bicyclic) bond motifs is 1. The molecule has 3 rings (SSSR count). The first-order chi connectivity index (χ1) is 8.18. The molecule has 0 aromatic rings. The second-order valence-electron chi connectivity index (χ2n) is 8.02. The number of ether oxygens (including phenoxy) is 2. The van der Waals surface area contributed by atoms with Crippen LogP contribution in [-0.4, -0.2) is 24.8 Å². The Bertz CT molecular complexity index is 367. The van der Waals surface area contributed by atoms with Crippen molar-refractivity contribution < 1.29 is 14.3 Å². The smallest absolute Gasteiger partial charge is 0.169 e. The molecule has 2 unspecified atom stereocenters. The van der Waals surface area contributed by atoms with Gasteiger partial charge in [0.15, 0.2) is 5.79 Å². The maximum atomic E-state index is 11.8. The van der Waals surface area contributed by atoms with Crippen LogP contribution >= 0.6 is 0 Å². The molecule has 2 atom stereocenters. The van der Waals surface area contributed by atoms with Crippen LogP contribution in [0.3, 0.4) is 0 Å². The predicted molar refractivity (Wildman–Crippen MR) is 68.1 cm³/mol. The lowest BCUT2D eigenvalue weighted by Crippen LogP contribution is -2.46. The Morgan fingerprint density at radius 3 is 1.78 bits per heavy atom. The molecule has 1 heterocycles. The van der Waals surface area contributed by atoms with Gasteiger partial charge in [-0.15, -0.1) is 0 Å². The molecule has 0 radical (unpaired) electrons. The van der Waals surface area contributed by atoms with E-state index in [9.17, 15) is 4.79 Å². The minimum atomic E-state index is -0.417. The van der Waals surface area contributed by atoms with Gasteiger partial charge in [-0.3, -0.25) is 4.79 Å². The molecular formula is C15H24O3. The van der Waals surface area contributed by atoms with Crippen LogP contribution < -0.4 is 0 Å². The summed E-state index contributed by atoms with van der Waals surface area (Å²) in [7, 11) is 0. The number of Topliss-reactive ketones (excluding diaryl/α,β-unsaturated/α-hetero) is 1. The lowest BCUT2D eigenvalue weighted by molar-refractivity contribution is -0.299. The van der Waals surface area contributed by atoms with Crippen LogP contribution in [-0.2, 0) is 14.3 Å². The van der Waals surface area contributed by atoms with E-state index in [-0.39, 0.29) is 16.2 Å². The molecule has 0 N–H and O–H groups in total. The molecule has 18 heavy (non-hydrogen) atoms. The fourth-order valence-electron chi connectivity index (χ4n) is 4.10. The van der Waals surface area contributed by atoms with Gasteiger partial charge in [0.05, 0.1) is 13.2 Å². The van der Waals surface area contributed by atoms with Gasteiger partial charge in [0.1, 0.15) is 5.78 Å². The predicted octanol–water partition coefficient (Wildman–Crippen LogP) is 2.93. The minimum Gasteiger partial charge on any atom is -0.349 e. The quantitative estimate of drug-likeness (QED) is 0.665. The Labute approximate surface area is 109 Å². The van der Waals surface area contributed by atoms with Crippen molar-refractivity contribution in [1.29, 1.82) is 0 Å². The topological polar surface area (TPSA) is 35.5 Å². The van der Waals surface area contributed by atoms with Gasteiger partial charge in [-0.2, -0.15) is 0 Å². The van der Waals surface area contributed by atoms with Crippen LogP contribution in [0.1, 0.15) is 53.4 Å². The second kappa shape index (κ2) is 3.37. The first-order valence-corrected chi connectivity index (χ1v) is 6.98. The highest BCUT2D eigenvalue weighted by Gasteiger charge is 2.65. The summed E-state index contributed by atoms with van der Waals surface area (Å²) in [5, 5.41) is 0. The molecular weight excluding hydrogens is 228 g/mol. The first-order valence-electron chi connectivity index (χ1n) is 6.98. The third-order valence-corrected chi connectivity index (χ3v) is 5.40. The number of ketones is 1. The summed E-state index contributed by atoms with van der Waals surface area (Å²) in [4.78, 5) is 11.8. The largest absolute Gasteiger partial charge is 0.349 e. The first kappa shape index (κ1) is 12.6. The zero-order valence-electron chi connectivity index (χ0n) is 12.0. The van der Waals surface area contributed by atoms with Gasteiger partial charge < -0.3 is 9.47 Å². The van der Waals surface area contributed by atoms with Crippen LogP contribution in [0.5, 0.6) is 0 Å². The number of carbonyl (C=O) groups is 1. The van der Waals surface area contributed by atoms with E-state index in [0.29, 0.717) is 18.6 Å². The van der Waals surface area contributed by atoms with Gasteiger partial charge in [0.2, 0.25) is 0 Å². The lowest BCUT2D eigenvalue weighted by atomic mass is 9.71. The lowest BCUT2D eigenvalue weighted by Gasteiger charge is -2.42. The maximum Gasteiger partial charge on any atom is 0.169 e. The summed E-state index contributed by atoms with van der Waals surface area (Å²) in [6.45, 7) is 10.3. The zero-order chi connectivity index (χ0) is 13.2. The molecule has 3 nitrogen and oxygen atoms in total. The number of rotatable bonds is 0. The van der Waals surface area contributed by atoms with Crippen molar-refractivity contribution >= 4 is 5.78 Å². The van der Waals surface area contributed by atoms with Crippen LogP contribution in [0.2, 0.25) is 0 Å². The van der Waals surface area contributed by atoms with Crippen molar-refractivity contribution in [3.05, 3.63) is 0 Å². The monoisotopic (exact) mass is 252 g/mol. The highest BCUT2D eigenvalue weighted by Crippen LogP contribution is 2.66. The Morgan fingerprint density at radius 2 is 1.33 bits per heavy atom. The van der Waals surface area contributed by atoms with Gasteiger partial charge in [0, 0.05) is 31.1 Å². The average Bonchev–Trinajstić information content (AvgIpc) is 2.53. The summed E-state index contributed by atoms with van der Waals surface area (Å²) >= 11 is 0. The third-order valence-electron chi connectivity index (χ3n) is 5.40. The van der Waals surface area contributed by atoms with E-state index in [4.69, 9.17) is 9.47 Å². The van der Waals surface area contributed by atoms with Crippen LogP contribution in [0.25, 0.3) is 0 Å². The van der Waals surface area contributed by atoms with Crippen molar-refractivity contribution in [2.75, 3.05) is 13.2 Å². The third kappa shape index (κ3) is 1.67. The molecule has 1 aliphatic heterocycles.